The number of benzene rings is 1. The van der Waals surface area contributed by atoms with Gasteiger partial charge in [0.25, 0.3) is 0 Å². The van der Waals surface area contributed by atoms with Crippen molar-refractivity contribution in [2.45, 2.75) is 25.7 Å². The minimum atomic E-state index is -3.44. The standard InChI is InChI=1S/C17H21NO4S/c1-22-17(19)14-8-10-18(11-9-14)23(20,21)16-7-6-13-4-2-3-5-15(13)12-16/h2-5,12,14H,6-11H2,1H3. The molecule has 2 aliphatic rings. The molecule has 0 saturated carbocycles. The Morgan fingerprint density at radius 1 is 1.17 bits per heavy atom. The van der Waals surface area contributed by atoms with Gasteiger partial charge in [0.05, 0.1) is 17.9 Å². The van der Waals surface area contributed by atoms with Gasteiger partial charge in [-0.2, -0.15) is 4.31 Å². The molecule has 1 aromatic rings. The van der Waals surface area contributed by atoms with E-state index in [1.54, 1.807) is 6.08 Å². The van der Waals surface area contributed by atoms with Crippen LogP contribution >= 0.6 is 0 Å². The number of hydrogen-bond acceptors (Lipinski definition) is 4. The van der Waals surface area contributed by atoms with Crippen LogP contribution in [0.3, 0.4) is 0 Å². The highest BCUT2D eigenvalue weighted by Crippen LogP contribution is 2.31. The van der Waals surface area contributed by atoms with Gasteiger partial charge in [-0.1, -0.05) is 24.3 Å². The second-order valence-corrected chi connectivity index (χ2v) is 8.00. The van der Waals surface area contributed by atoms with Gasteiger partial charge in [-0.05, 0) is 42.9 Å². The maximum atomic E-state index is 12.8. The van der Waals surface area contributed by atoms with Gasteiger partial charge in [0.2, 0.25) is 10.0 Å². The van der Waals surface area contributed by atoms with Gasteiger partial charge in [0, 0.05) is 13.1 Å². The number of carbonyl (C=O) groups is 1. The van der Waals surface area contributed by atoms with Gasteiger partial charge in [-0.15, -0.1) is 0 Å². The lowest BCUT2D eigenvalue weighted by Crippen LogP contribution is -2.41. The lowest BCUT2D eigenvalue weighted by molar-refractivity contribution is -0.146. The average Bonchev–Trinajstić information content (AvgIpc) is 2.60. The third kappa shape index (κ3) is 3.19. The number of ether oxygens (including phenoxy) is 1. The van der Waals surface area contributed by atoms with Crippen molar-refractivity contribution in [1.82, 2.24) is 4.31 Å². The molecule has 0 unspecified atom stereocenters. The largest absolute Gasteiger partial charge is 0.469 e. The molecule has 1 saturated heterocycles. The van der Waals surface area contributed by atoms with E-state index < -0.39 is 10.0 Å². The smallest absolute Gasteiger partial charge is 0.308 e. The van der Waals surface area contributed by atoms with E-state index in [9.17, 15) is 13.2 Å². The van der Waals surface area contributed by atoms with Gasteiger partial charge < -0.3 is 4.74 Å². The third-order valence-electron chi connectivity index (χ3n) is 4.67. The Hall–Kier alpha value is -1.66. The van der Waals surface area contributed by atoms with Crippen molar-refractivity contribution >= 4 is 22.1 Å². The molecule has 0 aromatic heterocycles. The monoisotopic (exact) mass is 335 g/mol. The zero-order valence-corrected chi connectivity index (χ0v) is 14.0. The van der Waals surface area contributed by atoms with Gasteiger partial charge in [0.1, 0.15) is 0 Å². The van der Waals surface area contributed by atoms with Crippen LogP contribution in [-0.4, -0.2) is 38.9 Å². The van der Waals surface area contributed by atoms with E-state index in [4.69, 9.17) is 4.74 Å². The van der Waals surface area contributed by atoms with E-state index in [2.05, 4.69) is 0 Å². The molecule has 0 N–H and O–H groups in total. The normalized spacial score (nSPS) is 19.8. The van der Waals surface area contributed by atoms with E-state index in [1.807, 2.05) is 24.3 Å². The van der Waals surface area contributed by atoms with Crippen LogP contribution in [0, 0.1) is 5.92 Å². The number of methoxy groups -OCH3 is 1. The molecule has 1 fully saturated rings. The lowest BCUT2D eigenvalue weighted by Gasteiger charge is -2.31. The first-order valence-corrected chi connectivity index (χ1v) is 9.33. The molecule has 6 heteroatoms. The first-order valence-electron chi connectivity index (χ1n) is 7.89. The van der Waals surface area contributed by atoms with Crippen LogP contribution in [-0.2, 0) is 26.0 Å². The molecule has 124 valence electrons. The minimum Gasteiger partial charge on any atom is -0.469 e. The molecule has 1 aromatic carbocycles. The third-order valence-corrected chi connectivity index (χ3v) is 6.70. The maximum absolute atomic E-state index is 12.8. The molecule has 0 spiro atoms. The molecular weight excluding hydrogens is 314 g/mol. The molecule has 1 heterocycles. The van der Waals surface area contributed by atoms with Crippen LogP contribution in [0.25, 0.3) is 6.08 Å². The summed E-state index contributed by atoms with van der Waals surface area (Å²) in [6.07, 6.45) is 4.13. The van der Waals surface area contributed by atoms with Crippen molar-refractivity contribution in [2.24, 2.45) is 5.92 Å². The second-order valence-electron chi connectivity index (χ2n) is 6.01. The number of rotatable bonds is 3. The number of nitrogens with zero attached hydrogens (tertiary/aromatic N) is 1. The molecule has 0 amide bonds. The van der Waals surface area contributed by atoms with Crippen LogP contribution < -0.4 is 0 Å². The Morgan fingerprint density at radius 2 is 1.87 bits per heavy atom. The van der Waals surface area contributed by atoms with Crippen molar-refractivity contribution in [3.05, 3.63) is 40.3 Å². The van der Waals surface area contributed by atoms with E-state index in [1.165, 1.54) is 17.0 Å². The minimum absolute atomic E-state index is 0.187. The van der Waals surface area contributed by atoms with Gasteiger partial charge in [-0.25, -0.2) is 8.42 Å². The van der Waals surface area contributed by atoms with Crippen molar-refractivity contribution in [3.8, 4) is 0 Å². The summed E-state index contributed by atoms with van der Waals surface area (Å²) in [4.78, 5) is 12.0. The molecular formula is C17H21NO4S. The fourth-order valence-electron chi connectivity index (χ4n) is 3.27. The molecule has 1 aliphatic carbocycles. The topological polar surface area (TPSA) is 63.7 Å². The van der Waals surface area contributed by atoms with Gasteiger partial charge in [0.15, 0.2) is 0 Å². The maximum Gasteiger partial charge on any atom is 0.308 e. The highest BCUT2D eigenvalue weighted by molar-refractivity contribution is 7.93. The summed E-state index contributed by atoms with van der Waals surface area (Å²) in [7, 11) is -2.07. The highest BCUT2D eigenvalue weighted by Gasteiger charge is 2.34. The lowest BCUT2D eigenvalue weighted by atomic mass is 9.98. The number of esters is 1. The first-order chi connectivity index (χ1) is 11.0. The summed E-state index contributed by atoms with van der Waals surface area (Å²) in [5.41, 5.74) is 2.18. The predicted molar refractivity (Wildman–Crippen MR) is 88.0 cm³/mol. The predicted octanol–water partition coefficient (Wildman–Crippen LogP) is 2.19. The first kappa shape index (κ1) is 16.2. The molecule has 3 rings (SSSR count). The van der Waals surface area contributed by atoms with Crippen LogP contribution in [0.2, 0.25) is 0 Å². The van der Waals surface area contributed by atoms with Crippen molar-refractivity contribution in [3.63, 3.8) is 0 Å². The molecule has 23 heavy (non-hydrogen) atoms. The van der Waals surface area contributed by atoms with Crippen LogP contribution in [0.5, 0.6) is 0 Å². The molecule has 0 bridgehead atoms. The Labute approximate surface area is 137 Å². The van der Waals surface area contributed by atoms with Gasteiger partial charge >= 0.3 is 5.97 Å². The molecule has 5 nitrogen and oxygen atoms in total. The second kappa shape index (κ2) is 6.45. The quantitative estimate of drug-likeness (QED) is 0.794. The number of carbonyl (C=O) groups excluding carboxylic acids is 1. The van der Waals surface area contributed by atoms with E-state index in [0.29, 0.717) is 37.3 Å². The fourth-order valence-corrected chi connectivity index (χ4v) is 4.93. The van der Waals surface area contributed by atoms with E-state index >= 15 is 0 Å². The summed E-state index contributed by atoms with van der Waals surface area (Å²) in [6, 6.07) is 7.89. The number of fused-ring (bicyclic) bond motifs is 1. The fraction of sp³-hybridized carbons (Fsp3) is 0.471. The Bertz CT molecular complexity index is 731. The molecule has 0 atom stereocenters. The van der Waals surface area contributed by atoms with E-state index in [0.717, 1.165) is 12.0 Å². The number of allylic oxidation sites excluding steroid dienone is 1. The number of hydrogen-bond donors (Lipinski definition) is 0. The SMILES string of the molecule is COC(=O)C1CCN(S(=O)(=O)C2=Cc3ccccc3CC2)CC1. The van der Waals surface area contributed by atoms with Crippen LogP contribution in [0.4, 0.5) is 0 Å². The van der Waals surface area contributed by atoms with Gasteiger partial charge in [-0.3, -0.25) is 4.79 Å². The summed E-state index contributed by atoms with van der Waals surface area (Å²) in [5.74, 6) is -0.430. The Kier molecular flexibility index (Phi) is 4.55. The van der Waals surface area contributed by atoms with E-state index in [-0.39, 0.29) is 11.9 Å². The average molecular weight is 335 g/mol. The van der Waals surface area contributed by atoms with Crippen molar-refractivity contribution < 1.29 is 17.9 Å². The Morgan fingerprint density at radius 3 is 2.57 bits per heavy atom. The number of piperidine rings is 1. The zero-order chi connectivity index (χ0) is 16.4. The molecule has 1 aliphatic heterocycles. The number of sulfonamides is 1. The number of aryl methyl sites for hydroxylation is 1. The summed E-state index contributed by atoms with van der Waals surface area (Å²) >= 11 is 0. The van der Waals surface area contributed by atoms with Crippen molar-refractivity contribution in [1.29, 1.82) is 0 Å². The Balaban J connectivity index is 1.76. The highest BCUT2D eigenvalue weighted by atomic mass is 32.2. The summed E-state index contributed by atoms with van der Waals surface area (Å²) in [6.45, 7) is 0.752. The molecule has 0 radical (unpaired) electrons. The van der Waals surface area contributed by atoms with Crippen LogP contribution in [0.15, 0.2) is 29.2 Å². The van der Waals surface area contributed by atoms with Crippen molar-refractivity contribution in [2.75, 3.05) is 20.2 Å². The van der Waals surface area contributed by atoms with Crippen LogP contribution in [0.1, 0.15) is 30.4 Å². The zero-order valence-electron chi connectivity index (χ0n) is 13.2. The summed E-state index contributed by atoms with van der Waals surface area (Å²) in [5, 5.41) is 0. The summed E-state index contributed by atoms with van der Waals surface area (Å²) < 4.78 is 31.9.